The molecule has 3 rings (SSSR count). The summed E-state index contributed by atoms with van der Waals surface area (Å²) >= 11 is 0. The molecule has 1 heterocycles. The van der Waals surface area contributed by atoms with Crippen molar-refractivity contribution in [3.63, 3.8) is 0 Å². The third-order valence-electron chi connectivity index (χ3n) is 3.53. The van der Waals surface area contributed by atoms with Crippen LogP contribution in [0.4, 0.5) is 5.69 Å². The molecule has 0 fully saturated rings. The predicted molar refractivity (Wildman–Crippen MR) is 88.4 cm³/mol. The summed E-state index contributed by atoms with van der Waals surface area (Å²) in [4.78, 5) is 23.4. The van der Waals surface area contributed by atoms with Crippen molar-refractivity contribution < 1.29 is 14.7 Å². The van der Waals surface area contributed by atoms with Crippen LogP contribution in [0.2, 0.25) is 0 Å². The standard InChI is InChI=1S/C18H14N2O3/c1-12-16(11-13-7-9-14(10-8-13)18(22)23)17(21)20(19-12)15-5-3-2-4-6-15/h2-11H,1H3,(H,22,23)/b16-11+. The number of hydrogen-bond donors (Lipinski definition) is 1. The van der Waals surface area contributed by atoms with Gasteiger partial charge in [0.2, 0.25) is 0 Å². The van der Waals surface area contributed by atoms with Gasteiger partial charge in [0.1, 0.15) is 0 Å². The van der Waals surface area contributed by atoms with E-state index in [0.29, 0.717) is 17.0 Å². The van der Waals surface area contributed by atoms with E-state index < -0.39 is 5.97 Å². The molecule has 1 amide bonds. The zero-order valence-corrected chi connectivity index (χ0v) is 12.4. The summed E-state index contributed by atoms with van der Waals surface area (Å²) in [6.07, 6.45) is 1.72. The van der Waals surface area contributed by atoms with Gasteiger partial charge in [-0.15, -0.1) is 0 Å². The number of carbonyl (C=O) groups is 2. The predicted octanol–water partition coefficient (Wildman–Crippen LogP) is 3.19. The molecule has 5 nitrogen and oxygen atoms in total. The fourth-order valence-corrected chi connectivity index (χ4v) is 2.32. The van der Waals surface area contributed by atoms with Crippen molar-refractivity contribution in [3.05, 3.63) is 71.3 Å². The number of carbonyl (C=O) groups excluding carboxylic acids is 1. The van der Waals surface area contributed by atoms with Crippen molar-refractivity contribution in [2.45, 2.75) is 6.92 Å². The Morgan fingerprint density at radius 2 is 1.74 bits per heavy atom. The van der Waals surface area contributed by atoms with Gasteiger partial charge < -0.3 is 5.11 Å². The highest BCUT2D eigenvalue weighted by atomic mass is 16.4. The molecule has 2 aromatic carbocycles. The van der Waals surface area contributed by atoms with E-state index in [1.807, 2.05) is 30.3 Å². The molecule has 0 spiro atoms. The first-order chi connectivity index (χ1) is 11.1. The lowest BCUT2D eigenvalue weighted by Crippen LogP contribution is -2.21. The number of rotatable bonds is 3. The zero-order valence-electron chi connectivity index (χ0n) is 12.4. The van der Waals surface area contributed by atoms with Crippen molar-refractivity contribution in [2.75, 3.05) is 5.01 Å². The second kappa shape index (κ2) is 5.88. The van der Waals surface area contributed by atoms with Gasteiger partial charge in [0, 0.05) is 0 Å². The van der Waals surface area contributed by atoms with Crippen molar-refractivity contribution in [1.82, 2.24) is 0 Å². The first kappa shape index (κ1) is 14.7. The van der Waals surface area contributed by atoms with Crippen LogP contribution in [0, 0.1) is 0 Å². The molecular weight excluding hydrogens is 292 g/mol. The number of carboxylic acid groups (broad SMARTS) is 1. The highest BCUT2D eigenvalue weighted by Crippen LogP contribution is 2.24. The third kappa shape index (κ3) is 2.89. The van der Waals surface area contributed by atoms with E-state index in [2.05, 4.69) is 5.10 Å². The van der Waals surface area contributed by atoms with Crippen LogP contribution in [0.3, 0.4) is 0 Å². The third-order valence-corrected chi connectivity index (χ3v) is 3.53. The Bertz CT molecular complexity index is 821. The van der Waals surface area contributed by atoms with E-state index in [4.69, 9.17) is 5.11 Å². The van der Waals surface area contributed by atoms with E-state index in [1.54, 1.807) is 25.1 Å². The number of anilines is 1. The van der Waals surface area contributed by atoms with E-state index in [1.165, 1.54) is 17.1 Å². The summed E-state index contributed by atoms with van der Waals surface area (Å²) in [5.74, 6) is -1.18. The normalized spacial score (nSPS) is 15.9. The maximum atomic E-state index is 12.5. The smallest absolute Gasteiger partial charge is 0.335 e. The fraction of sp³-hybridized carbons (Fsp3) is 0.0556. The van der Waals surface area contributed by atoms with Gasteiger partial charge in [0.15, 0.2) is 0 Å². The molecule has 1 aliphatic rings. The van der Waals surface area contributed by atoms with Gasteiger partial charge in [-0.3, -0.25) is 4.79 Å². The lowest BCUT2D eigenvalue weighted by molar-refractivity contribution is -0.114. The summed E-state index contributed by atoms with van der Waals surface area (Å²) in [6, 6.07) is 15.6. The number of benzene rings is 2. The number of hydrogen-bond acceptors (Lipinski definition) is 3. The Morgan fingerprint density at radius 3 is 2.35 bits per heavy atom. The topological polar surface area (TPSA) is 70.0 Å². The number of para-hydroxylation sites is 1. The van der Waals surface area contributed by atoms with Crippen molar-refractivity contribution in [3.8, 4) is 0 Å². The zero-order chi connectivity index (χ0) is 16.4. The summed E-state index contributed by atoms with van der Waals surface area (Å²) in [5.41, 5.74) is 2.79. The minimum atomic E-state index is -0.978. The van der Waals surface area contributed by atoms with Crippen molar-refractivity contribution >= 4 is 29.4 Å². The second-order valence-electron chi connectivity index (χ2n) is 5.12. The quantitative estimate of drug-likeness (QED) is 0.885. The van der Waals surface area contributed by atoms with Crippen LogP contribution in [0.15, 0.2) is 65.3 Å². The van der Waals surface area contributed by atoms with Gasteiger partial charge in [-0.2, -0.15) is 10.1 Å². The van der Waals surface area contributed by atoms with Crippen LogP contribution < -0.4 is 5.01 Å². The molecule has 0 unspecified atom stereocenters. The SMILES string of the molecule is CC1=NN(c2ccccc2)C(=O)/C1=C/c1ccc(C(=O)O)cc1. The molecule has 1 aliphatic heterocycles. The Morgan fingerprint density at radius 1 is 1.09 bits per heavy atom. The Balaban J connectivity index is 1.90. The van der Waals surface area contributed by atoms with Gasteiger partial charge >= 0.3 is 5.97 Å². The molecule has 0 radical (unpaired) electrons. The molecule has 0 bridgehead atoms. The number of hydrazone groups is 1. The Hall–Kier alpha value is -3.21. The summed E-state index contributed by atoms with van der Waals surface area (Å²) in [7, 11) is 0. The maximum absolute atomic E-state index is 12.5. The lowest BCUT2D eigenvalue weighted by Gasteiger charge is -2.11. The minimum absolute atomic E-state index is 0.198. The van der Waals surface area contributed by atoms with Crippen molar-refractivity contribution in [1.29, 1.82) is 0 Å². The van der Waals surface area contributed by atoms with Gasteiger partial charge in [-0.05, 0) is 42.8 Å². The van der Waals surface area contributed by atoms with Crippen LogP contribution >= 0.6 is 0 Å². The van der Waals surface area contributed by atoms with Gasteiger partial charge in [0.05, 0.1) is 22.5 Å². The van der Waals surface area contributed by atoms with E-state index in [-0.39, 0.29) is 11.5 Å². The van der Waals surface area contributed by atoms with Crippen molar-refractivity contribution in [2.24, 2.45) is 5.10 Å². The number of carboxylic acids is 1. The summed E-state index contributed by atoms with van der Waals surface area (Å²) in [6.45, 7) is 1.78. The maximum Gasteiger partial charge on any atom is 0.335 e. The average Bonchev–Trinajstić information content (AvgIpc) is 2.84. The molecule has 1 N–H and O–H groups in total. The first-order valence-electron chi connectivity index (χ1n) is 7.06. The monoisotopic (exact) mass is 306 g/mol. The second-order valence-corrected chi connectivity index (χ2v) is 5.12. The molecule has 23 heavy (non-hydrogen) atoms. The lowest BCUT2D eigenvalue weighted by atomic mass is 10.1. The van der Waals surface area contributed by atoms with E-state index in [0.717, 1.165) is 5.56 Å². The molecular formula is C18H14N2O3. The highest BCUT2D eigenvalue weighted by Gasteiger charge is 2.28. The number of nitrogens with zero attached hydrogens (tertiary/aromatic N) is 2. The van der Waals surface area contributed by atoms with E-state index >= 15 is 0 Å². The summed E-state index contributed by atoms with van der Waals surface area (Å²) in [5, 5.41) is 14.6. The molecule has 0 atom stereocenters. The molecule has 0 aromatic heterocycles. The Kier molecular flexibility index (Phi) is 3.76. The van der Waals surface area contributed by atoms with Gasteiger partial charge in [-0.1, -0.05) is 30.3 Å². The van der Waals surface area contributed by atoms with E-state index in [9.17, 15) is 9.59 Å². The van der Waals surface area contributed by atoms with Gasteiger partial charge in [0.25, 0.3) is 5.91 Å². The van der Waals surface area contributed by atoms with Crippen LogP contribution in [-0.4, -0.2) is 22.7 Å². The first-order valence-corrected chi connectivity index (χ1v) is 7.06. The molecule has 2 aromatic rings. The number of aromatic carboxylic acids is 1. The fourth-order valence-electron chi connectivity index (χ4n) is 2.32. The molecule has 0 saturated carbocycles. The molecule has 0 saturated heterocycles. The molecule has 5 heteroatoms. The Labute approximate surface area is 133 Å². The molecule has 0 aliphatic carbocycles. The largest absolute Gasteiger partial charge is 0.478 e. The van der Waals surface area contributed by atoms with Crippen LogP contribution in [0.1, 0.15) is 22.8 Å². The van der Waals surface area contributed by atoms with Crippen LogP contribution in [-0.2, 0) is 4.79 Å². The summed E-state index contributed by atoms with van der Waals surface area (Å²) < 4.78 is 0. The number of amides is 1. The minimum Gasteiger partial charge on any atom is -0.478 e. The van der Waals surface area contributed by atoms with Crippen LogP contribution in [0.25, 0.3) is 6.08 Å². The highest BCUT2D eigenvalue weighted by molar-refractivity contribution is 6.32. The van der Waals surface area contributed by atoms with Gasteiger partial charge in [-0.25, -0.2) is 4.79 Å². The molecule has 114 valence electrons. The average molecular weight is 306 g/mol. The van der Waals surface area contributed by atoms with Crippen LogP contribution in [0.5, 0.6) is 0 Å².